The van der Waals surface area contributed by atoms with Crippen molar-refractivity contribution in [2.45, 2.75) is 501 Å². The number of ether oxygens (including phenoxy) is 1. The Labute approximate surface area is 565 Å². The second-order valence-electron chi connectivity index (χ2n) is 29.2. The van der Waals surface area contributed by atoms with Crippen LogP contribution in [-0.2, 0) is 14.3 Å². The van der Waals surface area contributed by atoms with Gasteiger partial charge in [-0.3, -0.25) is 9.59 Å². The molecule has 0 rings (SSSR count). The van der Waals surface area contributed by atoms with Gasteiger partial charge in [-0.2, -0.15) is 0 Å². The molecule has 0 aliphatic carbocycles. The Balaban J connectivity index is 3.32. The second-order valence-corrected chi connectivity index (χ2v) is 29.2. The van der Waals surface area contributed by atoms with Crippen molar-refractivity contribution in [3.8, 4) is 0 Å². The fourth-order valence-electron chi connectivity index (χ4n) is 13.7. The van der Waals surface area contributed by atoms with E-state index in [0.29, 0.717) is 25.9 Å². The van der Waals surface area contributed by atoms with Crippen molar-refractivity contribution in [3.63, 3.8) is 0 Å². The lowest BCUT2D eigenvalue weighted by atomic mass is 10.0. The van der Waals surface area contributed by atoms with E-state index >= 15 is 0 Å². The molecule has 2 unspecified atom stereocenters. The van der Waals surface area contributed by atoms with Crippen LogP contribution in [0.1, 0.15) is 489 Å². The summed E-state index contributed by atoms with van der Waals surface area (Å²) in [6.45, 7) is 5.01. The number of hydrogen-bond acceptors (Lipinski definition) is 5. The smallest absolute Gasteiger partial charge is 0.305 e. The van der Waals surface area contributed by atoms with Gasteiger partial charge >= 0.3 is 5.97 Å². The molecule has 0 spiro atoms. The standard InChI is InChI=1S/C84H165NO5/c1-3-5-7-9-11-13-15-17-19-21-22-23-24-32-35-38-41-45-48-52-56-60-64-68-72-76-82(87)81(80-86)85-83(88)77-73-69-65-61-57-53-49-46-42-39-36-33-30-28-26-25-27-29-31-34-37-40-43-47-51-55-59-63-67-71-75-79-90-84(89)78-74-70-66-62-58-54-50-44-20-18-16-14-12-10-8-6-4-2/h18,20,81-82,86-87H,3-17,19,21-80H2,1-2H3,(H,85,88)/b20-18-. The molecule has 536 valence electrons. The normalized spacial score (nSPS) is 12.4. The monoisotopic (exact) mass is 1270 g/mol. The van der Waals surface area contributed by atoms with Crippen LogP contribution < -0.4 is 5.32 Å². The summed E-state index contributed by atoms with van der Waals surface area (Å²) in [6.07, 6.45) is 102. The molecular formula is C84H165NO5. The lowest BCUT2D eigenvalue weighted by Gasteiger charge is -2.22. The maximum Gasteiger partial charge on any atom is 0.305 e. The zero-order valence-electron chi connectivity index (χ0n) is 61.7. The van der Waals surface area contributed by atoms with Gasteiger partial charge < -0.3 is 20.3 Å². The molecule has 0 saturated carbocycles. The van der Waals surface area contributed by atoms with Crippen LogP contribution in [0.3, 0.4) is 0 Å². The van der Waals surface area contributed by atoms with Crippen molar-refractivity contribution in [2.75, 3.05) is 13.2 Å². The Bertz CT molecular complexity index is 1370. The van der Waals surface area contributed by atoms with Gasteiger partial charge in [-0.05, 0) is 51.4 Å². The summed E-state index contributed by atoms with van der Waals surface area (Å²) in [5.74, 6) is -0.00523. The molecular weight excluding hydrogens is 1100 g/mol. The number of hydrogen-bond donors (Lipinski definition) is 3. The van der Waals surface area contributed by atoms with E-state index in [-0.39, 0.29) is 18.5 Å². The maximum atomic E-state index is 12.6. The summed E-state index contributed by atoms with van der Waals surface area (Å²) < 4.78 is 5.51. The zero-order chi connectivity index (χ0) is 64.9. The van der Waals surface area contributed by atoms with E-state index in [9.17, 15) is 19.8 Å². The highest BCUT2D eigenvalue weighted by Gasteiger charge is 2.20. The Morgan fingerprint density at radius 2 is 0.522 bits per heavy atom. The Kier molecular flexibility index (Phi) is 78.8. The van der Waals surface area contributed by atoms with Crippen LogP contribution in [0.2, 0.25) is 0 Å². The largest absolute Gasteiger partial charge is 0.466 e. The molecule has 0 aliphatic rings. The van der Waals surface area contributed by atoms with Gasteiger partial charge in [0.1, 0.15) is 0 Å². The lowest BCUT2D eigenvalue weighted by Crippen LogP contribution is -2.45. The van der Waals surface area contributed by atoms with Crippen molar-refractivity contribution in [1.82, 2.24) is 5.32 Å². The number of nitrogens with one attached hydrogen (secondary N) is 1. The van der Waals surface area contributed by atoms with Crippen LogP contribution in [0.4, 0.5) is 0 Å². The average Bonchev–Trinajstić information content (AvgIpc) is 3.69. The highest BCUT2D eigenvalue weighted by molar-refractivity contribution is 5.76. The van der Waals surface area contributed by atoms with Gasteiger partial charge in [0.15, 0.2) is 0 Å². The number of allylic oxidation sites excluding steroid dienone is 2. The zero-order valence-corrected chi connectivity index (χ0v) is 61.7. The minimum atomic E-state index is -0.663. The van der Waals surface area contributed by atoms with Crippen molar-refractivity contribution in [1.29, 1.82) is 0 Å². The van der Waals surface area contributed by atoms with E-state index in [1.165, 1.54) is 411 Å². The molecule has 0 heterocycles. The molecule has 90 heavy (non-hydrogen) atoms. The van der Waals surface area contributed by atoms with Gasteiger partial charge in [0, 0.05) is 12.8 Å². The van der Waals surface area contributed by atoms with Crippen LogP contribution in [0, 0.1) is 0 Å². The molecule has 0 aromatic heterocycles. The van der Waals surface area contributed by atoms with Crippen LogP contribution in [0.5, 0.6) is 0 Å². The van der Waals surface area contributed by atoms with Crippen molar-refractivity contribution in [3.05, 3.63) is 12.2 Å². The number of aliphatic hydroxyl groups is 2. The van der Waals surface area contributed by atoms with Crippen LogP contribution in [0.15, 0.2) is 12.2 Å². The number of carbonyl (C=O) groups is 2. The number of carbonyl (C=O) groups excluding carboxylic acids is 2. The van der Waals surface area contributed by atoms with Crippen molar-refractivity contribution >= 4 is 11.9 Å². The molecule has 1 amide bonds. The number of esters is 1. The molecule has 3 N–H and O–H groups in total. The number of unbranched alkanes of at least 4 members (excludes halogenated alkanes) is 67. The third kappa shape index (κ3) is 75.6. The molecule has 0 aromatic rings. The van der Waals surface area contributed by atoms with E-state index in [1.54, 1.807) is 0 Å². The van der Waals surface area contributed by atoms with Gasteiger partial charge in [0.2, 0.25) is 5.91 Å². The Hall–Kier alpha value is -1.40. The minimum absolute atomic E-state index is 0.0189. The van der Waals surface area contributed by atoms with E-state index in [4.69, 9.17) is 4.74 Å². The van der Waals surface area contributed by atoms with Crippen LogP contribution in [0.25, 0.3) is 0 Å². The number of rotatable bonds is 80. The van der Waals surface area contributed by atoms with Crippen molar-refractivity contribution < 1.29 is 24.5 Å². The van der Waals surface area contributed by atoms with Crippen LogP contribution in [-0.4, -0.2) is 47.4 Å². The molecule has 6 nitrogen and oxygen atoms in total. The topological polar surface area (TPSA) is 95.9 Å². The summed E-state index contributed by atoms with van der Waals surface area (Å²) in [5, 5.41) is 23.5. The minimum Gasteiger partial charge on any atom is -0.466 e. The molecule has 0 fully saturated rings. The second kappa shape index (κ2) is 80.0. The fraction of sp³-hybridized carbons (Fsp3) is 0.952. The first-order valence-corrected chi connectivity index (χ1v) is 41.9. The molecule has 0 saturated heterocycles. The molecule has 0 aromatic carbocycles. The van der Waals surface area contributed by atoms with Gasteiger partial charge in [-0.1, -0.05) is 437 Å². The molecule has 2 atom stereocenters. The third-order valence-electron chi connectivity index (χ3n) is 20.1. The van der Waals surface area contributed by atoms with Crippen LogP contribution >= 0.6 is 0 Å². The first kappa shape index (κ1) is 88.6. The van der Waals surface area contributed by atoms with E-state index < -0.39 is 12.1 Å². The van der Waals surface area contributed by atoms with E-state index in [0.717, 1.165) is 44.9 Å². The highest BCUT2D eigenvalue weighted by atomic mass is 16.5. The van der Waals surface area contributed by atoms with Crippen molar-refractivity contribution in [2.24, 2.45) is 0 Å². The maximum absolute atomic E-state index is 12.6. The predicted octanol–water partition coefficient (Wildman–Crippen LogP) is 27.8. The summed E-state index contributed by atoms with van der Waals surface area (Å²) in [7, 11) is 0. The number of amides is 1. The first-order chi connectivity index (χ1) is 44.5. The fourth-order valence-corrected chi connectivity index (χ4v) is 13.7. The quantitative estimate of drug-likeness (QED) is 0.0320. The van der Waals surface area contributed by atoms with Gasteiger partial charge in [0.25, 0.3) is 0 Å². The third-order valence-corrected chi connectivity index (χ3v) is 20.1. The SMILES string of the molecule is CCCCCCCC/C=C\CCCCCCCCCC(=O)OCCCCCCCCCCCCCCCCCCCCCCCCCCCCCCCCCC(=O)NC(CO)C(O)CCCCCCCCCCCCCCCCCCCCCCCCCCC. The van der Waals surface area contributed by atoms with Gasteiger partial charge in [0.05, 0.1) is 25.4 Å². The Morgan fingerprint density at radius 3 is 0.789 bits per heavy atom. The van der Waals surface area contributed by atoms with Gasteiger partial charge in [-0.15, -0.1) is 0 Å². The average molecular weight is 1270 g/mol. The molecule has 0 bridgehead atoms. The first-order valence-electron chi connectivity index (χ1n) is 41.9. The molecule has 6 heteroatoms. The molecule has 0 radical (unpaired) electrons. The summed E-state index contributed by atoms with van der Waals surface area (Å²) in [5.41, 5.74) is 0. The van der Waals surface area contributed by atoms with E-state index in [2.05, 4.69) is 31.3 Å². The summed E-state index contributed by atoms with van der Waals surface area (Å²) in [4.78, 5) is 24.7. The highest BCUT2D eigenvalue weighted by Crippen LogP contribution is 2.21. The lowest BCUT2D eigenvalue weighted by molar-refractivity contribution is -0.143. The van der Waals surface area contributed by atoms with E-state index in [1.807, 2.05) is 0 Å². The summed E-state index contributed by atoms with van der Waals surface area (Å²) in [6, 6.07) is -0.539. The Morgan fingerprint density at radius 1 is 0.300 bits per heavy atom. The molecule has 0 aliphatic heterocycles. The van der Waals surface area contributed by atoms with Gasteiger partial charge in [-0.25, -0.2) is 0 Å². The number of aliphatic hydroxyl groups excluding tert-OH is 2. The predicted molar refractivity (Wildman–Crippen MR) is 398 cm³/mol. The summed E-state index contributed by atoms with van der Waals surface area (Å²) >= 11 is 0.